The standard InChI is InChI=1S/C49H96N2O10/c1-5-6-7-8-9-10-11-12-13-14-15-16-17-18-23-26-29-32-35-42(55)48(59)51-40(37-60-49-44(50-39(4)53)47(58)46(57)43(36-52)61-49)45(56)41(54)34-31-28-25-22-20-19-21-24-27-30-33-38(2)3/h38,40-47,49,52,54-58H,5-37H2,1-4H3,(H,50,53)(H,51,59)/t40-,41-,42+,43+,44+,45-,46+,47-,49+/m1/s1. The third-order valence-corrected chi connectivity index (χ3v) is 12.5. The fourth-order valence-electron chi connectivity index (χ4n) is 8.45. The Hall–Kier alpha value is -1.38. The lowest BCUT2D eigenvalue weighted by Gasteiger charge is -2.42. The van der Waals surface area contributed by atoms with Gasteiger partial charge < -0.3 is 50.7 Å². The Morgan fingerprint density at radius 2 is 1.02 bits per heavy atom. The van der Waals surface area contributed by atoms with E-state index in [0.717, 1.165) is 44.4 Å². The predicted molar refractivity (Wildman–Crippen MR) is 245 cm³/mol. The number of carbonyl (C=O) groups excluding carboxylic acids is 2. The summed E-state index contributed by atoms with van der Waals surface area (Å²) in [6, 6.07) is -2.38. The molecule has 1 rings (SSSR count). The summed E-state index contributed by atoms with van der Waals surface area (Å²) in [6.07, 6.45) is 26.1. The van der Waals surface area contributed by atoms with E-state index in [1.807, 2.05) is 0 Å². The van der Waals surface area contributed by atoms with Crippen LogP contribution in [-0.4, -0.2) is 111 Å². The van der Waals surface area contributed by atoms with E-state index >= 15 is 0 Å². The van der Waals surface area contributed by atoms with Gasteiger partial charge in [0.15, 0.2) is 6.29 Å². The van der Waals surface area contributed by atoms with Gasteiger partial charge in [-0.1, -0.05) is 207 Å². The second kappa shape index (κ2) is 37.9. The Balaban J connectivity index is 2.53. The lowest BCUT2D eigenvalue weighted by Crippen LogP contribution is -2.65. The van der Waals surface area contributed by atoms with Crippen molar-refractivity contribution < 1.29 is 49.7 Å². The van der Waals surface area contributed by atoms with Gasteiger partial charge in [0, 0.05) is 6.92 Å². The molecule has 0 aliphatic carbocycles. The summed E-state index contributed by atoms with van der Waals surface area (Å²) in [5, 5.41) is 69.1. The summed E-state index contributed by atoms with van der Waals surface area (Å²) in [6.45, 7) is 7.00. The van der Waals surface area contributed by atoms with Gasteiger partial charge in [-0.3, -0.25) is 9.59 Å². The monoisotopic (exact) mass is 873 g/mol. The van der Waals surface area contributed by atoms with Crippen LogP contribution in [0, 0.1) is 5.92 Å². The average molecular weight is 873 g/mol. The van der Waals surface area contributed by atoms with Crippen LogP contribution in [0.4, 0.5) is 0 Å². The van der Waals surface area contributed by atoms with Crippen LogP contribution in [0.1, 0.15) is 227 Å². The number of unbranched alkanes of at least 4 members (excludes halogenated alkanes) is 26. The maximum atomic E-state index is 13.2. The molecule has 1 fully saturated rings. The molecule has 12 heteroatoms. The minimum Gasteiger partial charge on any atom is -0.394 e. The average Bonchev–Trinajstić information content (AvgIpc) is 3.23. The molecule has 1 aliphatic rings. The van der Waals surface area contributed by atoms with Crippen LogP contribution in [0.25, 0.3) is 0 Å². The largest absolute Gasteiger partial charge is 0.394 e. The number of hydrogen-bond acceptors (Lipinski definition) is 10. The van der Waals surface area contributed by atoms with Gasteiger partial charge in [-0.05, 0) is 18.8 Å². The molecular formula is C49H96N2O10. The zero-order valence-electron chi connectivity index (χ0n) is 39.4. The first-order valence-corrected chi connectivity index (χ1v) is 25.3. The highest BCUT2D eigenvalue weighted by molar-refractivity contribution is 5.80. The second-order valence-corrected chi connectivity index (χ2v) is 18.8. The summed E-state index contributed by atoms with van der Waals surface area (Å²) in [5.41, 5.74) is 0. The third kappa shape index (κ3) is 28.9. The van der Waals surface area contributed by atoms with Crippen molar-refractivity contribution in [2.75, 3.05) is 13.2 Å². The quantitative estimate of drug-likeness (QED) is 0.0277. The predicted octanol–water partition coefficient (Wildman–Crippen LogP) is 8.28. The molecule has 12 nitrogen and oxygen atoms in total. The molecule has 0 unspecified atom stereocenters. The molecule has 8 N–H and O–H groups in total. The Labute approximate surface area is 372 Å². The van der Waals surface area contributed by atoms with E-state index in [2.05, 4.69) is 31.4 Å². The normalized spacial score (nSPS) is 21.3. The Morgan fingerprint density at radius 3 is 1.43 bits per heavy atom. The van der Waals surface area contributed by atoms with Crippen LogP contribution in [0.15, 0.2) is 0 Å². The van der Waals surface area contributed by atoms with Gasteiger partial charge in [0.25, 0.3) is 0 Å². The number of aliphatic hydroxyl groups is 6. The molecule has 61 heavy (non-hydrogen) atoms. The van der Waals surface area contributed by atoms with Crippen molar-refractivity contribution >= 4 is 11.8 Å². The Bertz CT molecular complexity index is 1040. The van der Waals surface area contributed by atoms with Crippen molar-refractivity contribution in [1.82, 2.24) is 10.6 Å². The maximum absolute atomic E-state index is 13.2. The zero-order chi connectivity index (χ0) is 45.1. The van der Waals surface area contributed by atoms with E-state index < -0.39 is 80.0 Å². The Morgan fingerprint density at radius 1 is 0.607 bits per heavy atom. The summed E-state index contributed by atoms with van der Waals surface area (Å²) in [4.78, 5) is 25.2. The molecule has 362 valence electrons. The zero-order valence-corrected chi connectivity index (χ0v) is 39.4. The van der Waals surface area contributed by atoms with E-state index in [-0.39, 0.29) is 6.42 Å². The lowest BCUT2D eigenvalue weighted by molar-refractivity contribution is -0.272. The maximum Gasteiger partial charge on any atom is 0.249 e. The molecule has 0 aromatic heterocycles. The van der Waals surface area contributed by atoms with Crippen molar-refractivity contribution in [3.63, 3.8) is 0 Å². The molecule has 1 heterocycles. The number of aliphatic hydroxyl groups excluding tert-OH is 6. The number of nitrogens with one attached hydrogen (secondary N) is 2. The summed E-state index contributed by atoms with van der Waals surface area (Å²) < 4.78 is 11.6. The van der Waals surface area contributed by atoms with Gasteiger partial charge >= 0.3 is 0 Å². The first-order valence-electron chi connectivity index (χ1n) is 25.3. The van der Waals surface area contributed by atoms with Gasteiger partial charge in [0.05, 0.1) is 25.4 Å². The van der Waals surface area contributed by atoms with E-state index in [0.29, 0.717) is 19.3 Å². The second-order valence-electron chi connectivity index (χ2n) is 18.8. The van der Waals surface area contributed by atoms with E-state index in [9.17, 15) is 40.2 Å². The number of hydrogen-bond donors (Lipinski definition) is 8. The van der Waals surface area contributed by atoms with Gasteiger partial charge in [0.1, 0.15) is 36.6 Å². The van der Waals surface area contributed by atoms with E-state index in [1.54, 1.807) is 0 Å². The van der Waals surface area contributed by atoms with Crippen molar-refractivity contribution in [2.45, 2.75) is 282 Å². The fourth-order valence-corrected chi connectivity index (χ4v) is 8.45. The minimum absolute atomic E-state index is 0.257. The number of rotatable bonds is 41. The van der Waals surface area contributed by atoms with Crippen LogP contribution >= 0.6 is 0 Å². The first kappa shape index (κ1) is 57.6. The number of carbonyl (C=O) groups is 2. The number of amides is 2. The first-order chi connectivity index (χ1) is 29.4. The molecule has 0 spiro atoms. The van der Waals surface area contributed by atoms with Gasteiger partial charge in [0.2, 0.25) is 11.8 Å². The van der Waals surface area contributed by atoms with Crippen LogP contribution in [0.5, 0.6) is 0 Å². The molecule has 0 radical (unpaired) electrons. The highest BCUT2D eigenvalue weighted by Crippen LogP contribution is 2.24. The minimum atomic E-state index is -1.53. The number of ether oxygens (including phenoxy) is 2. The van der Waals surface area contributed by atoms with Crippen LogP contribution in [-0.2, 0) is 19.1 Å². The molecule has 1 saturated heterocycles. The summed E-state index contributed by atoms with van der Waals surface area (Å²) in [7, 11) is 0. The van der Waals surface area contributed by atoms with Crippen molar-refractivity contribution in [3.05, 3.63) is 0 Å². The fraction of sp³-hybridized carbons (Fsp3) is 0.959. The van der Waals surface area contributed by atoms with E-state index in [4.69, 9.17) is 9.47 Å². The van der Waals surface area contributed by atoms with Crippen LogP contribution in [0.3, 0.4) is 0 Å². The smallest absolute Gasteiger partial charge is 0.249 e. The molecule has 2 amide bonds. The molecule has 0 aromatic rings. The van der Waals surface area contributed by atoms with Crippen molar-refractivity contribution in [3.8, 4) is 0 Å². The SMILES string of the molecule is CCCCCCCCCCCCCCCCCCCC[C@H](O)C(=O)N[C@H](CO[C@H]1O[C@@H](CO)[C@H](O)[C@H](O)[C@@H]1NC(C)=O)[C@@H](O)[C@H](O)CCCCCCCCCCCCC(C)C. The van der Waals surface area contributed by atoms with Crippen molar-refractivity contribution in [1.29, 1.82) is 0 Å². The molecular weight excluding hydrogens is 777 g/mol. The van der Waals surface area contributed by atoms with Crippen LogP contribution < -0.4 is 10.6 Å². The molecule has 9 atom stereocenters. The summed E-state index contributed by atoms with van der Waals surface area (Å²) >= 11 is 0. The summed E-state index contributed by atoms with van der Waals surface area (Å²) in [5.74, 6) is -0.440. The third-order valence-electron chi connectivity index (χ3n) is 12.5. The van der Waals surface area contributed by atoms with E-state index in [1.165, 1.54) is 142 Å². The molecule has 0 aromatic carbocycles. The van der Waals surface area contributed by atoms with Gasteiger partial charge in [-0.15, -0.1) is 0 Å². The lowest BCUT2D eigenvalue weighted by atomic mass is 9.96. The van der Waals surface area contributed by atoms with Gasteiger partial charge in [-0.2, -0.15) is 0 Å². The Kier molecular flexibility index (Phi) is 35.9. The van der Waals surface area contributed by atoms with Crippen LogP contribution in [0.2, 0.25) is 0 Å². The highest BCUT2D eigenvalue weighted by Gasteiger charge is 2.46. The molecule has 0 saturated carbocycles. The van der Waals surface area contributed by atoms with Crippen molar-refractivity contribution in [2.24, 2.45) is 5.92 Å². The highest BCUT2D eigenvalue weighted by atomic mass is 16.7. The topological polar surface area (TPSA) is 198 Å². The molecule has 1 aliphatic heterocycles. The van der Waals surface area contributed by atoms with Gasteiger partial charge in [-0.25, -0.2) is 0 Å². The molecule has 0 bridgehead atoms.